The van der Waals surface area contributed by atoms with Gasteiger partial charge in [-0.2, -0.15) is 0 Å². The van der Waals surface area contributed by atoms with Gasteiger partial charge in [-0.15, -0.1) is 0 Å². The van der Waals surface area contributed by atoms with Gasteiger partial charge in [0, 0.05) is 12.1 Å². The second-order valence-electron chi connectivity index (χ2n) is 3.78. The first-order valence-corrected chi connectivity index (χ1v) is 5.38. The molecule has 1 aromatic rings. The molecule has 0 atom stereocenters. The maximum atomic E-state index is 11.4. The van der Waals surface area contributed by atoms with Crippen LogP contribution in [0.15, 0.2) is 18.2 Å². The van der Waals surface area contributed by atoms with Crippen LogP contribution in [0.25, 0.3) is 0 Å². The Morgan fingerprint density at radius 2 is 2.12 bits per heavy atom. The maximum absolute atomic E-state index is 11.4. The lowest BCUT2D eigenvalue weighted by Gasteiger charge is -2.07. The molecule has 0 fully saturated rings. The minimum Gasteiger partial charge on any atom is -0.478 e. The Balaban J connectivity index is 2.70. The van der Waals surface area contributed by atoms with E-state index >= 15 is 0 Å². The molecule has 0 aromatic heterocycles. The third-order valence-electron chi connectivity index (χ3n) is 2.35. The van der Waals surface area contributed by atoms with Crippen molar-refractivity contribution in [3.8, 4) is 0 Å². The summed E-state index contributed by atoms with van der Waals surface area (Å²) in [5.41, 5.74) is 6.77. The Labute approximate surface area is 99.6 Å². The van der Waals surface area contributed by atoms with Gasteiger partial charge in [-0.05, 0) is 43.7 Å². The normalized spacial score (nSPS) is 10.0. The zero-order valence-corrected chi connectivity index (χ0v) is 9.69. The molecule has 1 amide bonds. The van der Waals surface area contributed by atoms with Crippen molar-refractivity contribution in [2.24, 2.45) is 5.73 Å². The van der Waals surface area contributed by atoms with Crippen LogP contribution in [0.1, 0.15) is 28.8 Å². The number of hydrogen-bond donors (Lipinski definition) is 3. The van der Waals surface area contributed by atoms with E-state index < -0.39 is 5.97 Å². The monoisotopic (exact) mass is 236 g/mol. The third kappa shape index (κ3) is 3.88. The Hall–Kier alpha value is -1.88. The minimum absolute atomic E-state index is 0.113. The highest BCUT2D eigenvalue weighted by Gasteiger charge is 2.08. The van der Waals surface area contributed by atoms with Crippen molar-refractivity contribution in [2.75, 3.05) is 11.9 Å². The number of nitrogens with two attached hydrogens (primary N) is 1. The van der Waals surface area contributed by atoms with Gasteiger partial charge in [-0.25, -0.2) is 4.79 Å². The van der Waals surface area contributed by atoms with Gasteiger partial charge in [-0.3, -0.25) is 4.79 Å². The molecule has 0 heterocycles. The largest absolute Gasteiger partial charge is 0.478 e. The zero-order chi connectivity index (χ0) is 12.8. The SMILES string of the molecule is Cc1cc(NC(=O)CCCN)ccc1C(=O)O. The maximum Gasteiger partial charge on any atom is 0.335 e. The summed E-state index contributed by atoms with van der Waals surface area (Å²) in [5.74, 6) is -1.08. The predicted molar refractivity (Wildman–Crippen MR) is 65.1 cm³/mol. The number of benzene rings is 1. The molecule has 0 bridgehead atoms. The van der Waals surface area contributed by atoms with E-state index in [2.05, 4.69) is 5.32 Å². The van der Waals surface area contributed by atoms with Crippen molar-refractivity contribution in [2.45, 2.75) is 19.8 Å². The number of amides is 1. The number of hydrogen-bond acceptors (Lipinski definition) is 3. The molecule has 0 aliphatic carbocycles. The Kier molecular flexibility index (Phi) is 4.66. The van der Waals surface area contributed by atoms with Crippen LogP contribution < -0.4 is 11.1 Å². The molecule has 5 heteroatoms. The minimum atomic E-state index is -0.969. The summed E-state index contributed by atoms with van der Waals surface area (Å²) < 4.78 is 0. The first kappa shape index (κ1) is 13.2. The first-order chi connectivity index (χ1) is 8.04. The Bertz CT molecular complexity index is 430. The number of aryl methyl sites for hydroxylation is 1. The summed E-state index contributed by atoms with van der Waals surface area (Å²) in [7, 11) is 0. The lowest BCUT2D eigenvalue weighted by molar-refractivity contribution is -0.116. The highest BCUT2D eigenvalue weighted by molar-refractivity contribution is 5.93. The summed E-state index contributed by atoms with van der Waals surface area (Å²) in [6.45, 7) is 2.17. The fraction of sp³-hybridized carbons (Fsp3) is 0.333. The average Bonchev–Trinajstić information content (AvgIpc) is 2.26. The molecule has 1 rings (SSSR count). The number of carbonyl (C=O) groups excluding carboxylic acids is 1. The van der Waals surface area contributed by atoms with Gasteiger partial charge < -0.3 is 16.2 Å². The van der Waals surface area contributed by atoms with Gasteiger partial charge in [-0.1, -0.05) is 0 Å². The molecule has 17 heavy (non-hydrogen) atoms. The first-order valence-electron chi connectivity index (χ1n) is 5.38. The molecule has 0 unspecified atom stereocenters. The number of carboxylic acid groups (broad SMARTS) is 1. The second kappa shape index (κ2) is 6.00. The van der Waals surface area contributed by atoms with Gasteiger partial charge in [0.25, 0.3) is 0 Å². The fourth-order valence-electron chi connectivity index (χ4n) is 1.47. The molecule has 1 aromatic carbocycles. The zero-order valence-electron chi connectivity index (χ0n) is 9.69. The van der Waals surface area contributed by atoms with E-state index in [0.29, 0.717) is 30.6 Å². The number of anilines is 1. The molecule has 0 aliphatic heterocycles. The molecule has 4 N–H and O–H groups in total. The number of carbonyl (C=O) groups is 2. The molecule has 0 aliphatic rings. The van der Waals surface area contributed by atoms with E-state index in [1.54, 1.807) is 19.1 Å². The molecule has 5 nitrogen and oxygen atoms in total. The molecule has 0 spiro atoms. The number of nitrogens with one attached hydrogen (secondary N) is 1. The van der Waals surface area contributed by atoms with Crippen molar-refractivity contribution in [3.63, 3.8) is 0 Å². The van der Waals surface area contributed by atoms with Crippen LogP contribution in [-0.4, -0.2) is 23.5 Å². The third-order valence-corrected chi connectivity index (χ3v) is 2.35. The van der Waals surface area contributed by atoms with Crippen LogP contribution in [0.5, 0.6) is 0 Å². The van der Waals surface area contributed by atoms with E-state index in [0.717, 1.165) is 0 Å². The Morgan fingerprint density at radius 1 is 1.41 bits per heavy atom. The van der Waals surface area contributed by atoms with Crippen LogP contribution >= 0.6 is 0 Å². The van der Waals surface area contributed by atoms with E-state index in [4.69, 9.17) is 10.8 Å². The van der Waals surface area contributed by atoms with E-state index in [1.165, 1.54) is 6.07 Å². The fourth-order valence-corrected chi connectivity index (χ4v) is 1.47. The predicted octanol–water partition coefficient (Wildman–Crippen LogP) is 1.37. The highest BCUT2D eigenvalue weighted by Crippen LogP contribution is 2.15. The Morgan fingerprint density at radius 3 is 2.65 bits per heavy atom. The van der Waals surface area contributed by atoms with E-state index in [-0.39, 0.29) is 11.5 Å². The second-order valence-corrected chi connectivity index (χ2v) is 3.78. The summed E-state index contributed by atoms with van der Waals surface area (Å²) >= 11 is 0. The molecular formula is C12H16N2O3. The summed E-state index contributed by atoms with van der Waals surface area (Å²) in [5, 5.41) is 11.5. The molecule has 0 radical (unpaired) electrons. The van der Waals surface area contributed by atoms with Crippen molar-refractivity contribution < 1.29 is 14.7 Å². The standard InChI is InChI=1S/C12H16N2O3/c1-8-7-9(4-5-10(8)12(16)17)14-11(15)3-2-6-13/h4-5,7H,2-3,6,13H2,1H3,(H,14,15)(H,16,17). The van der Waals surface area contributed by atoms with Crippen LogP contribution in [-0.2, 0) is 4.79 Å². The summed E-state index contributed by atoms with van der Waals surface area (Å²) in [4.78, 5) is 22.2. The quantitative estimate of drug-likeness (QED) is 0.719. The van der Waals surface area contributed by atoms with Crippen LogP contribution in [0, 0.1) is 6.92 Å². The van der Waals surface area contributed by atoms with Gasteiger partial charge >= 0.3 is 5.97 Å². The summed E-state index contributed by atoms with van der Waals surface area (Å²) in [6, 6.07) is 4.71. The lowest BCUT2D eigenvalue weighted by atomic mass is 10.1. The topological polar surface area (TPSA) is 92.4 Å². The summed E-state index contributed by atoms with van der Waals surface area (Å²) in [6.07, 6.45) is 1.01. The molecule has 0 saturated carbocycles. The van der Waals surface area contributed by atoms with Gasteiger partial charge in [0.05, 0.1) is 5.56 Å². The van der Waals surface area contributed by atoms with Crippen LogP contribution in [0.3, 0.4) is 0 Å². The lowest BCUT2D eigenvalue weighted by Crippen LogP contribution is -2.13. The molecular weight excluding hydrogens is 220 g/mol. The number of carboxylic acids is 1. The molecule has 92 valence electrons. The number of aromatic carboxylic acids is 1. The van der Waals surface area contributed by atoms with E-state index in [9.17, 15) is 9.59 Å². The molecule has 0 saturated heterocycles. The average molecular weight is 236 g/mol. The highest BCUT2D eigenvalue weighted by atomic mass is 16.4. The van der Waals surface area contributed by atoms with Gasteiger partial charge in [0.2, 0.25) is 5.91 Å². The van der Waals surface area contributed by atoms with Crippen LogP contribution in [0.4, 0.5) is 5.69 Å². The number of rotatable bonds is 5. The van der Waals surface area contributed by atoms with E-state index in [1.807, 2.05) is 0 Å². The van der Waals surface area contributed by atoms with Crippen molar-refractivity contribution in [1.82, 2.24) is 0 Å². The smallest absolute Gasteiger partial charge is 0.335 e. The van der Waals surface area contributed by atoms with Crippen molar-refractivity contribution in [3.05, 3.63) is 29.3 Å². The van der Waals surface area contributed by atoms with Gasteiger partial charge in [0.15, 0.2) is 0 Å². The van der Waals surface area contributed by atoms with Crippen molar-refractivity contribution in [1.29, 1.82) is 0 Å². The van der Waals surface area contributed by atoms with Gasteiger partial charge in [0.1, 0.15) is 0 Å². The van der Waals surface area contributed by atoms with Crippen LogP contribution in [0.2, 0.25) is 0 Å². The van der Waals surface area contributed by atoms with Crippen molar-refractivity contribution >= 4 is 17.6 Å².